The minimum Gasteiger partial charge on any atom is -0.348 e. The lowest BCUT2D eigenvalue weighted by molar-refractivity contribution is -0.111. The molecule has 4 aromatic rings. The lowest BCUT2D eigenvalue weighted by Gasteiger charge is -2.33. The van der Waals surface area contributed by atoms with Crippen LogP contribution in [-0.2, 0) is 27.5 Å². The summed E-state index contributed by atoms with van der Waals surface area (Å²) in [7, 11) is -3.15. The molecule has 2 aromatic carbocycles. The van der Waals surface area contributed by atoms with E-state index in [-0.39, 0.29) is 28.7 Å². The molecule has 2 unspecified atom stereocenters. The topological polar surface area (TPSA) is 110 Å². The number of nitrogens with one attached hydrogen (secondary N) is 2. The zero-order chi connectivity index (χ0) is 31.8. The molecule has 1 aliphatic heterocycles. The molecule has 1 saturated heterocycles. The van der Waals surface area contributed by atoms with E-state index in [1.54, 1.807) is 10.8 Å². The number of hydrogen-bond acceptors (Lipinski definition) is 6. The lowest BCUT2D eigenvalue weighted by Crippen LogP contribution is -2.36. The first-order valence-corrected chi connectivity index (χ1v) is 18.0. The van der Waals surface area contributed by atoms with Gasteiger partial charge in [-0.2, -0.15) is 5.10 Å². The van der Waals surface area contributed by atoms with Crippen LogP contribution in [0.2, 0.25) is 0 Å². The van der Waals surface area contributed by atoms with Crippen LogP contribution in [0.15, 0.2) is 72.9 Å². The third-order valence-corrected chi connectivity index (χ3v) is 11.7. The van der Waals surface area contributed by atoms with Crippen LogP contribution in [0.4, 0.5) is 5.00 Å². The highest BCUT2D eigenvalue weighted by molar-refractivity contribution is 7.91. The van der Waals surface area contributed by atoms with E-state index >= 15 is 0 Å². The van der Waals surface area contributed by atoms with E-state index in [1.165, 1.54) is 17.4 Å². The Bertz CT molecular complexity index is 1850. The largest absolute Gasteiger partial charge is 0.348 e. The third kappa shape index (κ3) is 6.97. The number of sulfone groups is 1. The Balaban J connectivity index is 1.29. The first kappa shape index (κ1) is 31.0. The van der Waals surface area contributed by atoms with Gasteiger partial charge in [0.15, 0.2) is 9.84 Å². The second kappa shape index (κ2) is 12.4. The maximum absolute atomic E-state index is 13.7. The molecule has 3 heterocycles. The van der Waals surface area contributed by atoms with Crippen molar-refractivity contribution >= 4 is 44.1 Å². The second-order valence-corrected chi connectivity index (χ2v) is 16.3. The van der Waals surface area contributed by atoms with Crippen LogP contribution in [0.3, 0.4) is 0 Å². The van der Waals surface area contributed by atoms with Crippen LogP contribution in [0, 0.1) is 11.3 Å². The number of thiophene rings is 1. The van der Waals surface area contributed by atoms with Crippen LogP contribution in [-0.4, -0.2) is 47.6 Å². The Hall–Kier alpha value is -4.02. The lowest BCUT2D eigenvalue weighted by atomic mass is 9.72. The number of rotatable bonds is 7. The average Bonchev–Trinajstić information content (AvgIpc) is 3.70. The minimum atomic E-state index is -3.15. The summed E-state index contributed by atoms with van der Waals surface area (Å²) in [6.45, 7) is 6.71. The first-order valence-electron chi connectivity index (χ1n) is 15.3. The van der Waals surface area contributed by atoms with Crippen LogP contribution < -0.4 is 10.6 Å². The number of carbonyl (C=O) groups excluding carboxylic acids is 2. The quantitative estimate of drug-likeness (QED) is 0.229. The summed E-state index contributed by atoms with van der Waals surface area (Å²) >= 11 is 1.46. The van der Waals surface area contributed by atoms with E-state index < -0.39 is 15.9 Å². The molecule has 0 saturated carbocycles. The van der Waals surface area contributed by atoms with Crippen LogP contribution in [0.5, 0.6) is 0 Å². The monoisotopic (exact) mass is 642 g/mol. The normalized spacial score (nSPS) is 19.4. The fourth-order valence-corrected chi connectivity index (χ4v) is 9.18. The Morgan fingerprint density at radius 1 is 1.02 bits per heavy atom. The van der Waals surface area contributed by atoms with Crippen molar-refractivity contribution in [1.82, 2.24) is 15.1 Å². The molecule has 1 fully saturated rings. The third-order valence-electron chi connectivity index (χ3n) is 8.75. The van der Waals surface area contributed by atoms with Crippen molar-refractivity contribution in [2.45, 2.75) is 52.5 Å². The number of para-hydroxylation sites is 1. The summed E-state index contributed by atoms with van der Waals surface area (Å²) in [6.07, 6.45) is 8.05. The van der Waals surface area contributed by atoms with Gasteiger partial charge in [-0.3, -0.25) is 9.59 Å². The fourth-order valence-electron chi connectivity index (χ4n) is 6.18. The molecular weight excluding hydrogens is 605 g/mol. The van der Waals surface area contributed by atoms with Crippen LogP contribution in [0.25, 0.3) is 23.0 Å². The number of amides is 2. The molecule has 1 aliphatic carbocycles. The van der Waals surface area contributed by atoms with Gasteiger partial charge in [-0.1, -0.05) is 69.3 Å². The molecule has 0 spiro atoms. The fraction of sp³-hybridized carbons (Fsp3) is 0.343. The Labute approximate surface area is 268 Å². The number of benzene rings is 2. The predicted octanol–water partition coefficient (Wildman–Crippen LogP) is 6.32. The molecule has 0 bridgehead atoms. The van der Waals surface area contributed by atoms with Crippen molar-refractivity contribution in [3.8, 4) is 16.9 Å². The zero-order valence-electron chi connectivity index (χ0n) is 25.7. The van der Waals surface area contributed by atoms with Gasteiger partial charge in [0.05, 0.1) is 28.5 Å². The minimum absolute atomic E-state index is 0.0536. The molecule has 2 aromatic heterocycles. The van der Waals surface area contributed by atoms with Gasteiger partial charge in [-0.05, 0) is 60.8 Å². The Kier molecular flexibility index (Phi) is 8.54. The highest BCUT2D eigenvalue weighted by atomic mass is 32.2. The van der Waals surface area contributed by atoms with E-state index in [1.807, 2.05) is 66.9 Å². The highest BCUT2D eigenvalue weighted by Crippen LogP contribution is 2.44. The van der Waals surface area contributed by atoms with Crippen molar-refractivity contribution in [3.63, 3.8) is 0 Å². The number of hydrogen-bond donors (Lipinski definition) is 2. The summed E-state index contributed by atoms with van der Waals surface area (Å²) in [4.78, 5) is 28.2. The number of anilines is 1. The van der Waals surface area contributed by atoms with Gasteiger partial charge in [0.25, 0.3) is 5.91 Å². The molecule has 234 valence electrons. The molecule has 10 heteroatoms. The van der Waals surface area contributed by atoms with Crippen molar-refractivity contribution in [1.29, 1.82) is 0 Å². The maximum Gasteiger partial charge on any atom is 0.254 e. The molecular formula is C35H38N4O4S2. The first-order chi connectivity index (χ1) is 21.5. The molecule has 2 aliphatic rings. The van der Waals surface area contributed by atoms with Crippen molar-refractivity contribution < 1.29 is 18.0 Å². The summed E-state index contributed by atoms with van der Waals surface area (Å²) < 4.78 is 25.9. The summed E-state index contributed by atoms with van der Waals surface area (Å²) in [5, 5.41) is 11.3. The van der Waals surface area contributed by atoms with Gasteiger partial charge in [-0.15, -0.1) is 11.3 Å². The van der Waals surface area contributed by atoms with Gasteiger partial charge in [-0.25, -0.2) is 13.1 Å². The van der Waals surface area contributed by atoms with E-state index in [4.69, 9.17) is 5.10 Å². The summed E-state index contributed by atoms with van der Waals surface area (Å²) in [6, 6.07) is 19.2. The smallest absolute Gasteiger partial charge is 0.254 e. The van der Waals surface area contributed by atoms with Crippen LogP contribution >= 0.6 is 11.3 Å². The standard InChI is InChI=1S/C35H38N4O4S2/c1-35(2,3)25-15-16-28-29(20-25)44-34(31(28)33(41)36-26-18-19-45(42,43)22-26)37-30(40)17-14-24-21-39(27-12-8-5-9-13-27)38-32(24)23-10-6-4-7-11-23/h4-14,17,21,25-26H,15-16,18-20,22H2,1-3H3,(H,36,41)(H,37,40)/b17-14+. The number of nitrogens with zero attached hydrogens (tertiary/aromatic N) is 2. The van der Waals surface area contributed by atoms with Gasteiger partial charge in [0.2, 0.25) is 5.91 Å². The highest BCUT2D eigenvalue weighted by Gasteiger charge is 2.36. The number of carbonyl (C=O) groups is 2. The van der Waals surface area contributed by atoms with Crippen molar-refractivity contribution in [3.05, 3.63) is 94.5 Å². The molecule has 0 radical (unpaired) electrons. The Morgan fingerprint density at radius 2 is 1.73 bits per heavy atom. The molecule has 2 amide bonds. The van der Waals surface area contributed by atoms with Gasteiger partial charge in [0.1, 0.15) is 5.00 Å². The molecule has 2 atom stereocenters. The van der Waals surface area contributed by atoms with Gasteiger partial charge < -0.3 is 10.6 Å². The molecule has 2 N–H and O–H groups in total. The van der Waals surface area contributed by atoms with Gasteiger partial charge >= 0.3 is 0 Å². The van der Waals surface area contributed by atoms with Gasteiger partial charge in [0, 0.05) is 34.3 Å². The van der Waals surface area contributed by atoms with E-state index in [0.717, 1.165) is 52.2 Å². The van der Waals surface area contributed by atoms with Crippen molar-refractivity contribution in [2.24, 2.45) is 11.3 Å². The van der Waals surface area contributed by atoms with E-state index in [0.29, 0.717) is 22.9 Å². The predicted molar refractivity (Wildman–Crippen MR) is 180 cm³/mol. The number of aromatic nitrogens is 2. The SMILES string of the molecule is CC(C)(C)C1CCc2c(sc(NC(=O)/C=C/c3cn(-c4ccccc4)nc3-c3ccccc3)c2C(=O)NC2CCS(=O)(=O)C2)C1. The summed E-state index contributed by atoms with van der Waals surface area (Å²) in [5.41, 5.74) is 4.91. The molecule has 8 nitrogen and oxygen atoms in total. The second-order valence-electron chi connectivity index (χ2n) is 13.0. The average molecular weight is 643 g/mol. The van der Waals surface area contributed by atoms with E-state index in [2.05, 4.69) is 31.4 Å². The van der Waals surface area contributed by atoms with Crippen molar-refractivity contribution in [2.75, 3.05) is 16.8 Å². The summed E-state index contributed by atoms with van der Waals surface area (Å²) in [5.74, 6) is -0.195. The number of fused-ring (bicyclic) bond motifs is 1. The molecule has 45 heavy (non-hydrogen) atoms. The maximum atomic E-state index is 13.7. The van der Waals surface area contributed by atoms with Crippen LogP contribution in [0.1, 0.15) is 60.0 Å². The zero-order valence-corrected chi connectivity index (χ0v) is 27.4. The van der Waals surface area contributed by atoms with E-state index in [9.17, 15) is 18.0 Å². The Morgan fingerprint density at radius 3 is 2.40 bits per heavy atom. The molecule has 6 rings (SSSR count).